The normalized spacial score (nSPS) is 18.4. The Hall–Kier alpha value is -5.47. The minimum Gasteiger partial charge on any atom is -0.491 e. The molecule has 2 unspecified atom stereocenters. The summed E-state index contributed by atoms with van der Waals surface area (Å²) in [6, 6.07) is 18.7. The Morgan fingerprint density at radius 1 is 0.750 bits per heavy atom. The van der Waals surface area contributed by atoms with E-state index >= 15 is 0 Å². The molecule has 6 heterocycles. The summed E-state index contributed by atoms with van der Waals surface area (Å²) in [5.74, 6) is 4.91. The summed E-state index contributed by atoms with van der Waals surface area (Å²) >= 11 is 0. The molecule has 0 radical (unpaired) electrons. The molecule has 8 rings (SSSR count). The number of benzene rings is 2. The van der Waals surface area contributed by atoms with E-state index in [1.165, 1.54) is 0 Å². The van der Waals surface area contributed by atoms with Crippen molar-refractivity contribution in [2.75, 3.05) is 122 Å². The van der Waals surface area contributed by atoms with Crippen LogP contribution in [0.3, 0.4) is 0 Å². The molecule has 366 valence electrons. The van der Waals surface area contributed by atoms with Crippen LogP contribution in [0, 0.1) is 0 Å². The summed E-state index contributed by atoms with van der Waals surface area (Å²) in [5.41, 5.74) is 3.97. The number of anilines is 3. The first-order chi connectivity index (χ1) is 33.0. The predicted molar refractivity (Wildman–Crippen MR) is 265 cm³/mol. The Kier molecular flexibility index (Phi) is 16.7. The second-order valence-corrected chi connectivity index (χ2v) is 18.4. The van der Waals surface area contributed by atoms with E-state index in [1.807, 2.05) is 62.0 Å². The smallest absolute Gasteiger partial charge is 0.164 e. The van der Waals surface area contributed by atoms with Gasteiger partial charge >= 0.3 is 0 Å². The molecule has 5 aromatic rings. The van der Waals surface area contributed by atoms with E-state index in [2.05, 4.69) is 75.0 Å². The van der Waals surface area contributed by atoms with Gasteiger partial charge in [0.15, 0.2) is 11.6 Å². The molecule has 2 aromatic carbocycles. The second kappa shape index (κ2) is 23.2. The van der Waals surface area contributed by atoms with E-state index in [-0.39, 0.29) is 25.3 Å². The first kappa shape index (κ1) is 49.0. The van der Waals surface area contributed by atoms with Crippen LogP contribution in [0.5, 0.6) is 11.5 Å². The van der Waals surface area contributed by atoms with Crippen LogP contribution in [-0.2, 0) is 16.0 Å². The monoisotopic (exact) mass is 935 g/mol. The van der Waals surface area contributed by atoms with Crippen molar-refractivity contribution in [3.63, 3.8) is 0 Å². The van der Waals surface area contributed by atoms with Crippen LogP contribution >= 0.6 is 0 Å². The fourth-order valence-corrected chi connectivity index (χ4v) is 9.00. The fourth-order valence-electron chi connectivity index (χ4n) is 9.00. The standard InChI is InChI=1S/C50H70N12O6/c1-34-28-62(17-16-58(34)4)48-25-47(60(6)38-14-20-66-21-15-38)56-50(57-48)43-23-42(68-32-40(64)27-52-3)11-10-36(43)29-61-30-45(53-33-61)44-24-46(59(5)37-12-18-65-19-13-37)55-49(54-44)35-8-7-9-41(22-35)67-31-39(63)26-51-2/h7-11,22-25,30,33-34,37-40,51-52,63-64H,12-21,26-29,31-32H2,1-6H3/t34-,39?,40?/m0/s1. The largest absolute Gasteiger partial charge is 0.491 e. The molecular weight excluding hydrogens is 865 g/mol. The van der Waals surface area contributed by atoms with Gasteiger partial charge in [-0.2, -0.15) is 0 Å². The number of piperazine rings is 1. The van der Waals surface area contributed by atoms with Gasteiger partial charge in [0.05, 0.1) is 12.0 Å². The van der Waals surface area contributed by atoms with Crippen molar-refractivity contribution in [3.8, 4) is 45.7 Å². The molecule has 18 heteroatoms. The van der Waals surface area contributed by atoms with Crippen LogP contribution in [0.4, 0.5) is 17.5 Å². The van der Waals surface area contributed by atoms with Gasteiger partial charge in [0.1, 0.15) is 60.1 Å². The second-order valence-electron chi connectivity index (χ2n) is 18.4. The highest BCUT2D eigenvalue weighted by Crippen LogP contribution is 2.34. The third-order valence-electron chi connectivity index (χ3n) is 13.3. The number of aliphatic hydroxyl groups excluding tert-OH is 2. The minimum absolute atomic E-state index is 0.131. The molecule has 3 saturated heterocycles. The number of hydrogen-bond donors (Lipinski definition) is 4. The maximum atomic E-state index is 10.6. The summed E-state index contributed by atoms with van der Waals surface area (Å²) in [6.07, 6.45) is 6.17. The molecule has 18 nitrogen and oxygen atoms in total. The van der Waals surface area contributed by atoms with Crippen LogP contribution in [0.2, 0.25) is 0 Å². The van der Waals surface area contributed by atoms with Gasteiger partial charge in [0.2, 0.25) is 0 Å². The van der Waals surface area contributed by atoms with Crippen LogP contribution < -0.4 is 34.8 Å². The number of rotatable bonds is 20. The molecule has 3 aromatic heterocycles. The third kappa shape index (κ3) is 12.4. The van der Waals surface area contributed by atoms with E-state index in [9.17, 15) is 10.2 Å². The summed E-state index contributed by atoms with van der Waals surface area (Å²) < 4.78 is 25.7. The summed E-state index contributed by atoms with van der Waals surface area (Å²) in [7, 11) is 9.99. The maximum absolute atomic E-state index is 10.6. The van der Waals surface area contributed by atoms with Crippen molar-refractivity contribution in [1.82, 2.24) is 45.0 Å². The molecule has 0 bridgehead atoms. The fraction of sp³-hybridized carbons (Fsp3) is 0.540. The Morgan fingerprint density at radius 3 is 2.03 bits per heavy atom. The molecule has 3 fully saturated rings. The maximum Gasteiger partial charge on any atom is 0.164 e. The third-order valence-corrected chi connectivity index (χ3v) is 13.3. The number of aliphatic hydroxyl groups is 2. The molecular formula is C50H70N12O6. The van der Waals surface area contributed by atoms with Crippen molar-refractivity contribution in [2.24, 2.45) is 0 Å². The van der Waals surface area contributed by atoms with Crippen LogP contribution in [0.1, 0.15) is 38.2 Å². The van der Waals surface area contributed by atoms with Crippen LogP contribution in [0.25, 0.3) is 34.2 Å². The number of ether oxygens (including phenoxy) is 4. The lowest BCUT2D eigenvalue weighted by Crippen LogP contribution is -2.50. The first-order valence-electron chi connectivity index (χ1n) is 24.1. The van der Waals surface area contributed by atoms with Gasteiger partial charge < -0.3 is 64.0 Å². The molecule has 0 saturated carbocycles. The molecule has 0 amide bonds. The molecule has 3 atom stereocenters. The van der Waals surface area contributed by atoms with Crippen molar-refractivity contribution >= 4 is 17.5 Å². The molecule has 3 aliphatic heterocycles. The highest BCUT2D eigenvalue weighted by molar-refractivity contribution is 5.69. The van der Waals surface area contributed by atoms with Gasteiger partial charge in [-0.1, -0.05) is 18.2 Å². The Labute approximate surface area is 400 Å². The average Bonchev–Trinajstić information content (AvgIpc) is 3.85. The van der Waals surface area contributed by atoms with E-state index < -0.39 is 12.2 Å². The highest BCUT2D eigenvalue weighted by Gasteiger charge is 2.27. The van der Waals surface area contributed by atoms with Gasteiger partial charge in [-0.3, -0.25) is 0 Å². The molecule has 4 N–H and O–H groups in total. The lowest BCUT2D eigenvalue weighted by Gasteiger charge is -2.39. The Morgan fingerprint density at radius 2 is 1.38 bits per heavy atom. The van der Waals surface area contributed by atoms with E-state index in [0.717, 1.165) is 92.7 Å². The Bertz CT molecular complexity index is 2370. The van der Waals surface area contributed by atoms with Gasteiger partial charge in [-0.15, -0.1) is 0 Å². The number of aromatic nitrogens is 6. The number of likely N-dealkylation sites (N-methyl/N-ethyl adjacent to an activating group) is 3. The predicted octanol–water partition coefficient (Wildman–Crippen LogP) is 3.80. The summed E-state index contributed by atoms with van der Waals surface area (Å²) in [5, 5.41) is 26.9. The SMILES string of the molecule is CNCC(O)COc1cccc(-c2nc(-c3cn(Cc4ccc(OCC(O)CNC)cc4-c4nc(N5CCN(C)[C@@H](C)C5)cc(N(C)C5CCOCC5)n4)cn3)cc(N(C)C3CCOCC3)n2)c1. The summed E-state index contributed by atoms with van der Waals surface area (Å²) in [4.78, 5) is 35.0. The first-order valence-corrected chi connectivity index (χ1v) is 24.1. The van der Waals surface area contributed by atoms with Gasteiger partial charge in [0, 0.05) is 127 Å². The zero-order valence-corrected chi connectivity index (χ0v) is 40.6. The van der Waals surface area contributed by atoms with Crippen LogP contribution in [0.15, 0.2) is 67.1 Å². The lowest BCUT2D eigenvalue weighted by molar-refractivity contribution is 0.0852. The van der Waals surface area contributed by atoms with E-state index in [1.54, 1.807) is 7.05 Å². The molecule has 68 heavy (non-hydrogen) atoms. The quantitative estimate of drug-likeness (QED) is 0.0884. The zero-order valence-electron chi connectivity index (χ0n) is 40.6. The Balaban J connectivity index is 1.15. The minimum atomic E-state index is -0.676. The van der Waals surface area contributed by atoms with E-state index in [4.69, 9.17) is 43.9 Å². The lowest BCUT2D eigenvalue weighted by atomic mass is 10.1. The number of hydrogen-bond acceptors (Lipinski definition) is 17. The van der Waals surface area contributed by atoms with Crippen molar-refractivity contribution in [3.05, 3.63) is 72.7 Å². The summed E-state index contributed by atoms with van der Waals surface area (Å²) in [6.45, 7) is 9.32. The van der Waals surface area contributed by atoms with Crippen molar-refractivity contribution in [2.45, 2.75) is 69.5 Å². The van der Waals surface area contributed by atoms with Gasteiger partial charge in [-0.05, 0) is 83.6 Å². The zero-order chi connectivity index (χ0) is 47.6. The van der Waals surface area contributed by atoms with Gasteiger partial charge in [0.25, 0.3) is 0 Å². The van der Waals surface area contributed by atoms with E-state index in [0.29, 0.717) is 73.4 Å². The molecule has 0 spiro atoms. The van der Waals surface area contributed by atoms with Crippen molar-refractivity contribution < 1.29 is 29.2 Å². The topological polar surface area (TPSA) is 184 Å². The van der Waals surface area contributed by atoms with Gasteiger partial charge in [-0.25, -0.2) is 24.9 Å². The van der Waals surface area contributed by atoms with Crippen LogP contribution in [-0.4, -0.2) is 183 Å². The van der Waals surface area contributed by atoms with Crippen molar-refractivity contribution in [1.29, 1.82) is 0 Å². The number of nitrogens with zero attached hydrogens (tertiary/aromatic N) is 10. The number of imidazole rings is 1. The molecule has 3 aliphatic rings. The highest BCUT2D eigenvalue weighted by atomic mass is 16.5. The number of nitrogens with one attached hydrogen (secondary N) is 2. The average molecular weight is 935 g/mol. The molecule has 0 aliphatic carbocycles.